The SMILES string of the molecule is CC(C)(C)[Si](F)(c1ccc(C(=O)NC[C@@H](NC(=O)CN2CCN(CC(=O)O)CCN(CC(=O)O)CCN(CC(=O)O)CC2)C(=O)N[C@H](CCCCNC(=O)CCC(=O)NCCC[C@@H](NC(=O)CC[C@H](NC(=O)N[C@@H](C[C@H](F)C(=O)O)C(=O)O)C(=O)O)C(=O)O)C(=O)O)cc1)C(C)(C)C. The van der Waals surface area contributed by atoms with Crippen LogP contribution in [0.1, 0.15) is 116 Å². The topological polar surface area (TPSA) is 527 Å². The Kier molecular flexibility index (Phi) is 35.8. The van der Waals surface area contributed by atoms with Gasteiger partial charge < -0.3 is 87.5 Å². The van der Waals surface area contributed by atoms with Crippen LogP contribution in [0.3, 0.4) is 0 Å². The molecule has 0 radical (unpaired) electrons. The molecule has 0 spiro atoms. The van der Waals surface area contributed by atoms with Crippen LogP contribution in [0.25, 0.3) is 0 Å². The zero-order valence-electron chi connectivity index (χ0n) is 55.7. The minimum absolute atomic E-state index is 0.00833. The first-order chi connectivity index (χ1) is 45.6. The number of nitrogens with zero attached hydrogens (tertiary/aromatic N) is 4. The van der Waals surface area contributed by atoms with Gasteiger partial charge in [0.15, 0.2) is 6.17 Å². The highest BCUT2D eigenvalue weighted by Crippen LogP contribution is 2.51. The monoisotopic (exact) mass is 1420 g/mol. The standard InChI is InChI=1S/C60H94F2N12O23Si/c1-59(2,3)98(62,60(4,5)6)37-14-12-36(13-15-37)51(85)65-31-43(67-47(78)32-71-22-24-72(33-48(79)80)26-28-74(35-50(83)84)29-27-73(25-23-71)34-49(81)82)52(86)68-40(55(91)92)10-7-8-20-63-44(75)18-19-45(76)64-21-9-11-39(54(89)90)66-46(77)17-16-41(56(93)94)69-58(97)70-42(57(95)96)30-38(61)53(87)88/h12-15,38-43H,7-11,16-35H2,1-6H3,(H,63,75)(H,64,76)(H,65,85)(H,66,77)(H,67,78)(H,68,86)(H,79,80)(H,81,82)(H,83,84)(H,87,88)(H,89,90)(H,91,92)(H,93,94)(H,95,96)(H2,69,70,97)/t38-,39+,40+,41-,42-,43+/m0/s1. The minimum atomic E-state index is -3.75. The fourth-order valence-electron chi connectivity index (χ4n) is 10.7. The number of halogens is 2. The predicted octanol–water partition coefficient (Wildman–Crippen LogP) is -2.00. The number of alkyl halides is 1. The van der Waals surface area contributed by atoms with Gasteiger partial charge in [0, 0.05) is 103 Å². The van der Waals surface area contributed by atoms with E-state index in [1.165, 1.54) is 34.1 Å². The zero-order chi connectivity index (χ0) is 74.3. The fourth-order valence-corrected chi connectivity index (χ4v) is 15.3. The third kappa shape index (κ3) is 31.5. The summed E-state index contributed by atoms with van der Waals surface area (Å²) in [6.07, 6.45) is -6.03. The van der Waals surface area contributed by atoms with E-state index in [0.29, 0.717) is 5.19 Å². The summed E-state index contributed by atoms with van der Waals surface area (Å²) in [7, 11) is -3.75. The number of carboxylic acids is 8. The molecule has 1 aliphatic heterocycles. The van der Waals surface area contributed by atoms with E-state index in [2.05, 4.69) is 31.9 Å². The maximum Gasteiger partial charge on any atom is 0.338 e. The van der Waals surface area contributed by atoms with Crippen molar-refractivity contribution in [2.24, 2.45) is 0 Å². The number of aliphatic carboxylic acids is 8. The molecule has 1 aliphatic rings. The highest BCUT2D eigenvalue weighted by atomic mass is 28.4. The molecule has 16 N–H and O–H groups in total. The average molecular weight is 1420 g/mol. The molecule has 1 heterocycles. The van der Waals surface area contributed by atoms with Crippen LogP contribution in [0, 0.1) is 0 Å². The van der Waals surface area contributed by atoms with Crippen LogP contribution >= 0.6 is 0 Å². The zero-order valence-corrected chi connectivity index (χ0v) is 56.7. The van der Waals surface area contributed by atoms with Crippen molar-refractivity contribution in [3.8, 4) is 0 Å². The molecule has 550 valence electrons. The third-order valence-electron chi connectivity index (χ3n) is 15.7. The van der Waals surface area contributed by atoms with Gasteiger partial charge in [0.2, 0.25) is 29.5 Å². The van der Waals surface area contributed by atoms with Crippen LogP contribution in [-0.2, 0) is 62.3 Å². The summed E-state index contributed by atoms with van der Waals surface area (Å²) < 4.78 is 30.7. The minimum Gasteiger partial charge on any atom is -0.480 e. The number of carboxylic acid groups (broad SMARTS) is 8. The van der Waals surface area contributed by atoms with Crippen molar-refractivity contribution >= 4 is 103 Å². The van der Waals surface area contributed by atoms with Crippen molar-refractivity contribution in [3.05, 3.63) is 29.8 Å². The number of carbonyl (C=O) groups excluding carboxylic acids is 7. The first-order valence-corrected chi connectivity index (χ1v) is 33.4. The summed E-state index contributed by atoms with van der Waals surface area (Å²) in [6, 6.07) is -4.19. The molecule has 0 unspecified atom stereocenters. The molecule has 1 aromatic carbocycles. The van der Waals surface area contributed by atoms with Gasteiger partial charge in [0.05, 0.1) is 26.2 Å². The Bertz CT molecular complexity index is 2910. The molecule has 2 rings (SSSR count). The van der Waals surface area contributed by atoms with Crippen molar-refractivity contribution in [2.75, 3.05) is 98.2 Å². The summed E-state index contributed by atoms with van der Waals surface area (Å²) in [5.41, 5.74) is 0.0702. The first-order valence-electron chi connectivity index (χ1n) is 31.5. The molecular formula is C60H94F2N12O23Si. The number of rotatable bonds is 40. The van der Waals surface area contributed by atoms with Crippen LogP contribution in [-0.4, -0.2) is 293 Å². The summed E-state index contributed by atoms with van der Waals surface area (Å²) in [4.78, 5) is 192. The van der Waals surface area contributed by atoms with E-state index in [1.54, 1.807) is 15.1 Å². The molecule has 1 saturated heterocycles. The Morgan fingerprint density at radius 2 is 0.827 bits per heavy atom. The Hall–Kier alpha value is -9.01. The third-order valence-corrected chi connectivity index (χ3v) is 21.0. The molecule has 0 bridgehead atoms. The number of hydrogen-bond acceptors (Lipinski definition) is 19. The maximum atomic E-state index is 17.1. The van der Waals surface area contributed by atoms with Crippen molar-refractivity contribution in [1.82, 2.24) is 62.1 Å². The number of unbranched alkanes of at least 4 members (excludes halogenated alkanes) is 1. The van der Waals surface area contributed by atoms with Crippen molar-refractivity contribution in [1.29, 1.82) is 0 Å². The van der Waals surface area contributed by atoms with Gasteiger partial charge in [-0.1, -0.05) is 53.7 Å². The molecule has 0 aliphatic carbocycles. The van der Waals surface area contributed by atoms with Crippen molar-refractivity contribution in [3.63, 3.8) is 0 Å². The molecule has 98 heavy (non-hydrogen) atoms. The van der Waals surface area contributed by atoms with E-state index in [1.807, 2.05) is 46.9 Å². The van der Waals surface area contributed by atoms with Gasteiger partial charge in [-0.15, -0.1) is 0 Å². The quantitative estimate of drug-likeness (QED) is 0.0192. The molecule has 35 nitrogen and oxygen atoms in total. The molecule has 0 saturated carbocycles. The fraction of sp³-hybridized carbons (Fsp3) is 0.650. The van der Waals surface area contributed by atoms with Gasteiger partial charge in [-0.3, -0.25) is 62.8 Å². The normalized spacial score (nSPS) is 15.8. The van der Waals surface area contributed by atoms with Crippen molar-refractivity contribution < 1.29 is 121 Å². The van der Waals surface area contributed by atoms with Gasteiger partial charge in [0.25, 0.3) is 14.3 Å². The molecule has 1 aromatic rings. The van der Waals surface area contributed by atoms with Gasteiger partial charge in [0.1, 0.15) is 30.2 Å². The summed E-state index contributed by atoms with van der Waals surface area (Å²) in [6.45, 7) is 8.94. The number of benzene rings is 1. The number of nitrogens with one attached hydrogen (secondary N) is 8. The largest absolute Gasteiger partial charge is 0.480 e. The van der Waals surface area contributed by atoms with Gasteiger partial charge in [-0.25, -0.2) is 33.2 Å². The average Bonchev–Trinajstić information content (AvgIpc) is 0.749. The van der Waals surface area contributed by atoms with Crippen LogP contribution < -0.4 is 47.7 Å². The summed E-state index contributed by atoms with van der Waals surface area (Å²) >= 11 is 0. The maximum absolute atomic E-state index is 17.1. The van der Waals surface area contributed by atoms with Gasteiger partial charge in [-0.05, 0) is 65.9 Å². The van der Waals surface area contributed by atoms with E-state index in [4.69, 9.17) is 5.11 Å². The predicted molar refractivity (Wildman–Crippen MR) is 344 cm³/mol. The molecule has 38 heteroatoms. The van der Waals surface area contributed by atoms with Gasteiger partial charge in [-0.2, -0.15) is 0 Å². The van der Waals surface area contributed by atoms with E-state index < -0.39 is 196 Å². The second-order valence-corrected chi connectivity index (χ2v) is 30.4. The second kappa shape index (κ2) is 41.3. The lowest BCUT2D eigenvalue weighted by Gasteiger charge is -2.44. The van der Waals surface area contributed by atoms with E-state index in [9.17, 15) is 112 Å². The molecule has 1 fully saturated rings. The molecule has 8 amide bonds. The number of carbonyl (C=O) groups is 15. The molecule has 0 aromatic heterocycles. The Morgan fingerprint density at radius 3 is 1.24 bits per heavy atom. The lowest BCUT2D eigenvalue weighted by Crippen LogP contribution is -2.58. The first kappa shape index (κ1) is 85.1. The molecular weight excluding hydrogens is 1320 g/mol. The number of amides is 8. The highest BCUT2D eigenvalue weighted by Gasteiger charge is 2.56. The molecule has 6 atom stereocenters. The lowest BCUT2D eigenvalue weighted by atomic mass is 10.1. The lowest BCUT2D eigenvalue weighted by molar-refractivity contribution is -0.145. The van der Waals surface area contributed by atoms with Crippen molar-refractivity contribution in [2.45, 2.75) is 152 Å². The highest BCUT2D eigenvalue weighted by molar-refractivity contribution is 6.90. The Balaban J connectivity index is 2.10. The van der Waals surface area contributed by atoms with Crippen LogP contribution in [0.2, 0.25) is 10.1 Å². The summed E-state index contributed by atoms with van der Waals surface area (Å²) in [5, 5.41) is 93.4. The van der Waals surface area contributed by atoms with Gasteiger partial charge >= 0.3 is 53.8 Å². The summed E-state index contributed by atoms with van der Waals surface area (Å²) in [5.74, 6) is -16.8. The van der Waals surface area contributed by atoms with E-state index in [-0.39, 0.29) is 116 Å². The van der Waals surface area contributed by atoms with E-state index in [0.717, 1.165) is 0 Å². The Labute approximate surface area is 564 Å². The van der Waals surface area contributed by atoms with Crippen LogP contribution in [0.5, 0.6) is 0 Å². The van der Waals surface area contributed by atoms with Crippen LogP contribution in [0.4, 0.5) is 13.3 Å². The Morgan fingerprint density at radius 1 is 0.439 bits per heavy atom. The van der Waals surface area contributed by atoms with E-state index >= 15 is 4.11 Å². The number of urea groups is 1. The van der Waals surface area contributed by atoms with Crippen LogP contribution in [0.15, 0.2) is 24.3 Å². The second-order valence-electron chi connectivity index (χ2n) is 25.5. The smallest absolute Gasteiger partial charge is 0.338 e. The number of hydrogen-bond donors (Lipinski definition) is 16.